The van der Waals surface area contributed by atoms with Crippen LogP contribution in [0, 0.1) is 12.8 Å². The van der Waals surface area contributed by atoms with Gasteiger partial charge in [-0.05, 0) is 49.9 Å². The number of nitrogens with zero attached hydrogens (tertiary/aromatic N) is 5. The molecule has 1 aliphatic rings. The van der Waals surface area contributed by atoms with Crippen molar-refractivity contribution in [2.45, 2.75) is 38.5 Å². The third kappa shape index (κ3) is 6.07. The molecule has 2 aromatic carbocycles. The SMILES string of the molecule is Cc1ccc(-n2ncc(-c3nc(-c4ccc([C@H](O)CN5CCC[C@H](CC(=O)O)C5)cc4)no3)c2C(F)(F)F)cc1. The van der Waals surface area contributed by atoms with Gasteiger partial charge in [0, 0.05) is 25.1 Å². The van der Waals surface area contributed by atoms with Crippen LogP contribution in [0.15, 0.2) is 59.3 Å². The number of benzene rings is 2. The van der Waals surface area contributed by atoms with E-state index in [1.165, 1.54) is 0 Å². The molecule has 0 bridgehead atoms. The number of carboxylic acids is 1. The normalized spacial score (nSPS) is 17.2. The summed E-state index contributed by atoms with van der Waals surface area (Å²) in [7, 11) is 0. The predicted molar refractivity (Wildman–Crippen MR) is 138 cm³/mol. The van der Waals surface area contributed by atoms with Crippen molar-refractivity contribution in [2.75, 3.05) is 19.6 Å². The van der Waals surface area contributed by atoms with Crippen LogP contribution < -0.4 is 0 Å². The minimum absolute atomic E-state index is 0.0649. The fraction of sp³-hybridized carbons (Fsp3) is 0.357. The molecule has 5 rings (SSSR count). The number of aryl methyl sites for hydroxylation is 1. The quantitative estimate of drug-likeness (QED) is 0.307. The standard InChI is InChI=1S/C28H28F3N5O4/c1-17-4-10-21(11-5-17)36-25(28(29,30)31)22(14-32-36)27-33-26(34-40-27)20-8-6-19(7-9-20)23(37)16-35-12-2-3-18(15-35)13-24(38)39/h4-11,14,18,23,37H,2-3,12-13,15-16H2,1H3,(H,38,39)/t18-,23-/m1/s1. The molecule has 0 radical (unpaired) electrons. The van der Waals surface area contributed by atoms with Crippen LogP contribution in [0.3, 0.4) is 0 Å². The number of likely N-dealkylation sites (tertiary alicyclic amines) is 1. The van der Waals surface area contributed by atoms with Gasteiger partial charge in [0.1, 0.15) is 0 Å². The molecule has 0 aliphatic carbocycles. The van der Waals surface area contributed by atoms with Crippen LogP contribution in [0.5, 0.6) is 0 Å². The fourth-order valence-corrected chi connectivity index (χ4v) is 5.04. The van der Waals surface area contributed by atoms with Gasteiger partial charge in [0.25, 0.3) is 5.89 Å². The summed E-state index contributed by atoms with van der Waals surface area (Å²) in [5.74, 6) is -0.969. The first-order chi connectivity index (χ1) is 19.1. The second kappa shape index (κ2) is 11.2. The number of aliphatic hydroxyl groups is 1. The van der Waals surface area contributed by atoms with Gasteiger partial charge in [0.2, 0.25) is 5.82 Å². The predicted octanol–water partition coefficient (Wildman–Crippen LogP) is 5.14. The van der Waals surface area contributed by atoms with E-state index in [1.54, 1.807) is 48.5 Å². The average Bonchev–Trinajstić information content (AvgIpc) is 3.57. The molecule has 1 fully saturated rings. The first kappa shape index (κ1) is 27.5. The van der Waals surface area contributed by atoms with Crippen molar-refractivity contribution in [3.05, 3.63) is 71.5 Å². The largest absolute Gasteiger partial charge is 0.481 e. The molecule has 3 heterocycles. The summed E-state index contributed by atoms with van der Waals surface area (Å²) in [5, 5.41) is 27.6. The molecule has 2 aromatic heterocycles. The van der Waals surface area contributed by atoms with Crippen LogP contribution in [0.1, 0.15) is 42.2 Å². The third-order valence-corrected chi connectivity index (χ3v) is 7.02. The zero-order chi connectivity index (χ0) is 28.4. The molecule has 9 nitrogen and oxygen atoms in total. The molecular formula is C28H28F3N5O4. The van der Waals surface area contributed by atoms with Crippen LogP contribution in [0.2, 0.25) is 0 Å². The van der Waals surface area contributed by atoms with E-state index < -0.39 is 23.9 Å². The molecule has 1 saturated heterocycles. The molecule has 40 heavy (non-hydrogen) atoms. The number of aromatic nitrogens is 4. The van der Waals surface area contributed by atoms with Crippen LogP contribution >= 0.6 is 0 Å². The van der Waals surface area contributed by atoms with Gasteiger partial charge < -0.3 is 19.6 Å². The number of alkyl halides is 3. The van der Waals surface area contributed by atoms with Crippen molar-refractivity contribution in [1.29, 1.82) is 0 Å². The first-order valence-corrected chi connectivity index (χ1v) is 12.9. The Bertz CT molecular complexity index is 1460. The monoisotopic (exact) mass is 555 g/mol. The van der Waals surface area contributed by atoms with Crippen molar-refractivity contribution in [1.82, 2.24) is 24.8 Å². The van der Waals surface area contributed by atoms with Crippen molar-refractivity contribution < 1.29 is 32.7 Å². The van der Waals surface area contributed by atoms with E-state index in [-0.39, 0.29) is 35.3 Å². The molecule has 1 aliphatic heterocycles. The van der Waals surface area contributed by atoms with Gasteiger partial charge in [-0.1, -0.05) is 47.1 Å². The van der Waals surface area contributed by atoms with Crippen molar-refractivity contribution in [3.8, 4) is 28.5 Å². The lowest BCUT2D eigenvalue weighted by molar-refractivity contribution is -0.142. The van der Waals surface area contributed by atoms with Gasteiger partial charge in [0.15, 0.2) is 5.69 Å². The molecule has 2 atom stereocenters. The highest BCUT2D eigenvalue weighted by Crippen LogP contribution is 2.38. The van der Waals surface area contributed by atoms with Gasteiger partial charge in [-0.3, -0.25) is 4.79 Å². The summed E-state index contributed by atoms with van der Waals surface area (Å²) >= 11 is 0. The summed E-state index contributed by atoms with van der Waals surface area (Å²) in [6.45, 7) is 3.61. The van der Waals surface area contributed by atoms with E-state index >= 15 is 0 Å². The van der Waals surface area contributed by atoms with E-state index in [9.17, 15) is 23.1 Å². The fourth-order valence-electron chi connectivity index (χ4n) is 5.04. The van der Waals surface area contributed by atoms with Crippen molar-refractivity contribution in [2.24, 2.45) is 5.92 Å². The summed E-state index contributed by atoms with van der Waals surface area (Å²) in [6.07, 6.45) is -2.61. The van der Waals surface area contributed by atoms with E-state index in [1.807, 2.05) is 6.92 Å². The topological polar surface area (TPSA) is 118 Å². The van der Waals surface area contributed by atoms with E-state index in [0.29, 0.717) is 24.2 Å². The average molecular weight is 556 g/mol. The summed E-state index contributed by atoms with van der Waals surface area (Å²) in [4.78, 5) is 17.3. The molecule has 2 N–H and O–H groups in total. The Balaban J connectivity index is 1.32. The van der Waals surface area contributed by atoms with Gasteiger partial charge >= 0.3 is 12.1 Å². The van der Waals surface area contributed by atoms with Crippen LogP contribution in [-0.4, -0.2) is 60.6 Å². The Morgan fingerprint density at radius 3 is 2.55 bits per heavy atom. The maximum atomic E-state index is 14.1. The van der Waals surface area contributed by atoms with Crippen LogP contribution in [-0.2, 0) is 11.0 Å². The minimum Gasteiger partial charge on any atom is -0.481 e. The molecule has 0 spiro atoms. The van der Waals surface area contributed by atoms with Gasteiger partial charge in [-0.25, -0.2) is 4.68 Å². The number of hydrogen-bond acceptors (Lipinski definition) is 7. The first-order valence-electron chi connectivity index (χ1n) is 12.9. The molecule has 0 unspecified atom stereocenters. The number of aliphatic hydroxyl groups excluding tert-OH is 1. The minimum atomic E-state index is -4.73. The maximum absolute atomic E-state index is 14.1. The van der Waals surface area contributed by atoms with E-state index in [4.69, 9.17) is 9.63 Å². The Labute approximate surface area is 227 Å². The van der Waals surface area contributed by atoms with Gasteiger partial charge in [0.05, 0.1) is 23.6 Å². The number of aliphatic carboxylic acids is 1. The third-order valence-electron chi connectivity index (χ3n) is 7.02. The molecule has 0 saturated carbocycles. The smallest absolute Gasteiger partial charge is 0.434 e. The molecular weight excluding hydrogens is 527 g/mol. The summed E-state index contributed by atoms with van der Waals surface area (Å²) in [5.41, 5.74) is 0.951. The van der Waals surface area contributed by atoms with Crippen LogP contribution in [0.25, 0.3) is 28.5 Å². The highest BCUT2D eigenvalue weighted by molar-refractivity contribution is 5.67. The molecule has 0 amide bonds. The molecule has 4 aromatic rings. The van der Waals surface area contributed by atoms with Crippen LogP contribution in [0.4, 0.5) is 13.2 Å². The second-order valence-electron chi connectivity index (χ2n) is 10.1. The zero-order valence-corrected chi connectivity index (χ0v) is 21.7. The number of β-amino-alcohol motifs (C(OH)–C–C–N with tert-alkyl or cyclic N) is 1. The van der Waals surface area contributed by atoms with Gasteiger partial charge in [-0.2, -0.15) is 23.3 Å². The zero-order valence-electron chi connectivity index (χ0n) is 21.7. The number of hydrogen-bond donors (Lipinski definition) is 2. The highest BCUT2D eigenvalue weighted by atomic mass is 19.4. The van der Waals surface area contributed by atoms with E-state index in [2.05, 4.69) is 20.1 Å². The maximum Gasteiger partial charge on any atom is 0.434 e. The number of rotatable bonds is 8. The lowest BCUT2D eigenvalue weighted by Gasteiger charge is -2.33. The molecule has 210 valence electrons. The summed E-state index contributed by atoms with van der Waals surface area (Å²) in [6, 6.07) is 13.2. The molecule has 12 heteroatoms. The lowest BCUT2D eigenvalue weighted by Crippen LogP contribution is -2.38. The van der Waals surface area contributed by atoms with Crippen molar-refractivity contribution in [3.63, 3.8) is 0 Å². The second-order valence-corrected chi connectivity index (χ2v) is 10.1. The number of carboxylic acid groups (broad SMARTS) is 1. The highest BCUT2D eigenvalue weighted by Gasteiger charge is 2.40. The number of halogens is 3. The Hall–Kier alpha value is -4.03. The van der Waals surface area contributed by atoms with Crippen molar-refractivity contribution >= 4 is 5.97 Å². The summed E-state index contributed by atoms with van der Waals surface area (Å²) < 4.78 is 48.3. The van der Waals surface area contributed by atoms with E-state index in [0.717, 1.165) is 35.8 Å². The lowest BCUT2D eigenvalue weighted by atomic mass is 9.94. The Morgan fingerprint density at radius 2 is 1.88 bits per heavy atom. The number of carbonyl (C=O) groups is 1. The number of piperidine rings is 1. The Morgan fingerprint density at radius 1 is 1.15 bits per heavy atom. The Kier molecular flexibility index (Phi) is 7.72. The van der Waals surface area contributed by atoms with Gasteiger partial charge in [-0.15, -0.1) is 0 Å².